The number of hydrogen-bond donors (Lipinski definition) is 0. The van der Waals surface area contributed by atoms with Crippen molar-refractivity contribution in [2.75, 3.05) is 19.6 Å². The molecule has 1 aliphatic rings. The van der Waals surface area contributed by atoms with Crippen molar-refractivity contribution in [3.8, 4) is 0 Å². The van der Waals surface area contributed by atoms with Crippen molar-refractivity contribution in [3.05, 3.63) is 41.0 Å². The Kier molecular flexibility index (Phi) is 12.4. The van der Waals surface area contributed by atoms with Gasteiger partial charge in [0.2, 0.25) is 0 Å². The maximum Gasteiger partial charge on any atom is 0.0199 e. The highest BCUT2D eigenvalue weighted by molar-refractivity contribution is 5.70. The van der Waals surface area contributed by atoms with Gasteiger partial charge in [-0.25, -0.2) is 0 Å². The zero-order chi connectivity index (χ0) is 20.7. The third-order valence-electron chi connectivity index (χ3n) is 6.58. The van der Waals surface area contributed by atoms with E-state index >= 15 is 0 Å². The molecular weight excluding hydrogens is 350 g/mol. The monoisotopic (exact) mass is 397 g/mol. The van der Waals surface area contributed by atoms with Gasteiger partial charge in [0.05, 0.1) is 0 Å². The van der Waals surface area contributed by atoms with Crippen molar-refractivity contribution in [2.45, 2.75) is 111 Å². The number of nitrogens with zero attached hydrogens (tertiary/aromatic N) is 1. The van der Waals surface area contributed by atoms with Gasteiger partial charge in [-0.05, 0) is 50.3 Å². The zero-order valence-corrected chi connectivity index (χ0v) is 19.8. The van der Waals surface area contributed by atoms with Crippen molar-refractivity contribution in [1.29, 1.82) is 0 Å². The molecule has 1 aliphatic heterocycles. The van der Waals surface area contributed by atoms with E-state index in [2.05, 4.69) is 49.9 Å². The second kappa shape index (κ2) is 14.8. The first-order valence-electron chi connectivity index (χ1n) is 12.7. The van der Waals surface area contributed by atoms with Crippen molar-refractivity contribution in [2.24, 2.45) is 0 Å². The summed E-state index contributed by atoms with van der Waals surface area (Å²) in [4.78, 5) is 2.74. The molecule has 0 amide bonds. The number of aryl methyl sites for hydroxylation is 1. The van der Waals surface area contributed by atoms with E-state index in [1.165, 1.54) is 121 Å². The van der Waals surface area contributed by atoms with Crippen LogP contribution in [0, 0.1) is 6.92 Å². The summed E-state index contributed by atoms with van der Waals surface area (Å²) in [6.45, 7) is 10.6. The zero-order valence-electron chi connectivity index (χ0n) is 19.8. The van der Waals surface area contributed by atoms with Gasteiger partial charge in [0.15, 0.2) is 0 Å². The minimum atomic E-state index is 1.22. The Labute approximate surface area is 182 Å². The number of benzene rings is 1. The van der Waals surface area contributed by atoms with Gasteiger partial charge in [0.25, 0.3) is 0 Å². The molecule has 0 aromatic heterocycles. The third-order valence-corrected chi connectivity index (χ3v) is 6.58. The van der Waals surface area contributed by atoms with E-state index in [1.54, 1.807) is 11.1 Å². The fraction of sp³-hybridized carbons (Fsp3) is 0.714. The van der Waals surface area contributed by atoms with Gasteiger partial charge in [-0.15, -0.1) is 0 Å². The minimum Gasteiger partial charge on any atom is -0.299 e. The fourth-order valence-electron chi connectivity index (χ4n) is 4.65. The standard InChI is InChI=1S/C28H47N/c1-4-6-8-10-12-14-16-27-24-29(22-15-13-11-9-7-5-2)23-21-28(27)26-19-17-25(3)18-20-26/h17-20H,4-16,21-24H2,1-3H3. The van der Waals surface area contributed by atoms with Crippen LogP contribution in [0.2, 0.25) is 0 Å². The maximum absolute atomic E-state index is 2.74. The van der Waals surface area contributed by atoms with E-state index in [0.717, 1.165) is 0 Å². The normalized spacial score (nSPS) is 15.3. The fourth-order valence-corrected chi connectivity index (χ4v) is 4.65. The van der Waals surface area contributed by atoms with Gasteiger partial charge in [-0.2, -0.15) is 0 Å². The van der Waals surface area contributed by atoms with E-state index in [-0.39, 0.29) is 0 Å². The largest absolute Gasteiger partial charge is 0.299 e. The summed E-state index contributed by atoms with van der Waals surface area (Å²) in [5.74, 6) is 0. The topological polar surface area (TPSA) is 3.24 Å². The predicted molar refractivity (Wildman–Crippen MR) is 131 cm³/mol. The van der Waals surface area contributed by atoms with E-state index < -0.39 is 0 Å². The Bertz CT molecular complexity index is 568. The molecular formula is C28H47N. The predicted octanol–water partition coefficient (Wildman–Crippen LogP) is 8.57. The third kappa shape index (κ3) is 9.51. The maximum atomic E-state index is 2.74. The molecule has 0 fully saturated rings. The lowest BCUT2D eigenvalue weighted by Crippen LogP contribution is -2.32. The molecule has 0 saturated carbocycles. The van der Waals surface area contributed by atoms with Gasteiger partial charge in [0, 0.05) is 13.1 Å². The molecule has 0 bridgehead atoms. The van der Waals surface area contributed by atoms with Crippen molar-refractivity contribution < 1.29 is 0 Å². The van der Waals surface area contributed by atoms with Gasteiger partial charge < -0.3 is 0 Å². The Hall–Kier alpha value is -1.08. The van der Waals surface area contributed by atoms with Crippen molar-refractivity contribution in [3.63, 3.8) is 0 Å². The van der Waals surface area contributed by atoms with Crippen LogP contribution in [0.15, 0.2) is 29.8 Å². The molecule has 164 valence electrons. The van der Waals surface area contributed by atoms with Gasteiger partial charge in [-0.3, -0.25) is 4.90 Å². The Morgan fingerprint density at radius 3 is 1.97 bits per heavy atom. The molecule has 0 unspecified atom stereocenters. The lowest BCUT2D eigenvalue weighted by molar-refractivity contribution is 0.282. The van der Waals surface area contributed by atoms with Crippen LogP contribution in [0.5, 0.6) is 0 Å². The first kappa shape index (κ1) is 24.2. The lowest BCUT2D eigenvalue weighted by atomic mass is 9.89. The van der Waals surface area contributed by atoms with Crippen LogP contribution in [0.3, 0.4) is 0 Å². The highest BCUT2D eigenvalue weighted by atomic mass is 15.1. The highest BCUT2D eigenvalue weighted by Crippen LogP contribution is 2.31. The summed E-state index contributed by atoms with van der Waals surface area (Å²) in [5, 5.41) is 0. The Morgan fingerprint density at radius 1 is 0.724 bits per heavy atom. The second-order valence-electron chi connectivity index (χ2n) is 9.26. The molecule has 0 saturated heterocycles. The molecule has 1 aromatic carbocycles. The summed E-state index contributed by atoms with van der Waals surface area (Å²) < 4.78 is 0. The Balaban J connectivity index is 1.88. The minimum absolute atomic E-state index is 1.22. The van der Waals surface area contributed by atoms with Gasteiger partial charge >= 0.3 is 0 Å². The average Bonchev–Trinajstić information content (AvgIpc) is 2.74. The van der Waals surface area contributed by atoms with Crippen LogP contribution in [-0.2, 0) is 0 Å². The molecule has 1 heteroatoms. The van der Waals surface area contributed by atoms with E-state index in [9.17, 15) is 0 Å². The molecule has 0 N–H and O–H groups in total. The molecule has 2 rings (SSSR count). The molecule has 0 spiro atoms. The molecule has 1 nitrogen and oxygen atoms in total. The molecule has 1 heterocycles. The van der Waals surface area contributed by atoms with Gasteiger partial charge in [-0.1, -0.05) is 113 Å². The smallest absolute Gasteiger partial charge is 0.0199 e. The van der Waals surface area contributed by atoms with Crippen LogP contribution < -0.4 is 0 Å². The highest BCUT2D eigenvalue weighted by Gasteiger charge is 2.19. The SMILES string of the molecule is CCCCCCCCC1=C(c2ccc(C)cc2)CCN(CCCCCCCC)C1. The summed E-state index contributed by atoms with van der Waals surface area (Å²) in [7, 11) is 0. The average molecular weight is 398 g/mol. The molecule has 0 atom stereocenters. The first-order valence-corrected chi connectivity index (χ1v) is 12.7. The van der Waals surface area contributed by atoms with Crippen molar-refractivity contribution in [1.82, 2.24) is 4.90 Å². The summed E-state index contributed by atoms with van der Waals surface area (Å²) in [6.07, 6.45) is 19.3. The van der Waals surface area contributed by atoms with Crippen LogP contribution in [0.4, 0.5) is 0 Å². The van der Waals surface area contributed by atoms with Crippen LogP contribution in [0.1, 0.15) is 115 Å². The first-order chi connectivity index (χ1) is 14.2. The quantitative estimate of drug-likeness (QED) is 0.268. The van der Waals surface area contributed by atoms with Gasteiger partial charge in [0.1, 0.15) is 0 Å². The van der Waals surface area contributed by atoms with Crippen molar-refractivity contribution >= 4 is 5.57 Å². The second-order valence-corrected chi connectivity index (χ2v) is 9.26. The van der Waals surface area contributed by atoms with Crippen LogP contribution >= 0.6 is 0 Å². The summed E-state index contributed by atoms with van der Waals surface area (Å²) >= 11 is 0. The molecule has 29 heavy (non-hydrogen) atoms. The van der Waals surface area contributed by atoms with E-state index in [1.807, 2.05) is 0 Å². The van der Waals surface area contributed by atoms with Crippen LogP contribution in [-0.4, -0.2) is 24.5 Å². The number of unbranched alkanes of at least 4 members (excludes halogenated alkanes) is 10. The number of hydrogen-bond acceptors (Lipinski definition) is 1. The molecule has 1 aromatic rings. The lowest BCUT2D eigenvalue weighted by Gasteiger charge is -2.31. The number of rotatable bonds is 15. The summed E-state index contributed by atoms with van der Waals surface area (Å²) in [5.41, 5.74) is 6.25. The molecule has 0 aliphatic carbocycles. The Morgan fingerprint density at radius 2 is 1.31 bits per heavy atom. The van der Waals surface area contributed by atoms with Crippen LogP contribution in [0.25, 0.3) is 5.57 Å². The summed E-state index contributed by atoms with van der Waals surface area (Å²) in [6, 6.07) is 9.28. The van der Waals surface area contributed by atoms with E-state index in [4.69, 9.17) is 0 Å². The van der Waals surface area contributed by atoms with E-state index in [0.29, 0.717) is 0 Å². The molecule has 0 radical (unpaired) electrons.